The van der Waals surface area contributed by atoms with Crippen molar-refractivity contribution < 1.29 is 4.79 Å². The number of hydrogen-bond acceptors (Lipinski definition) is 5. The number of aryl methyl sites for hydroxylation is 3. The van der Waals surface area contributed by atoms with Crippen molar-refractivity contribution in [1.82, 2.24) is 14.9 Å². The van der Waals surface area contributed by atoms with Gasteiger partial charge in [-0.2, -0.15) is 0 Å². The van der Waals surface area contributed by atoms with Gasteiger partial charge in [-0.05, 0) is 36.6 Å². The molecule has 2 aromatic carbocycles. The molecular weight excluding hydrogens is 382 g/mol. The fraction of sp³-hybridized carbons (Fsp3) is 0.318. The van der Waals surface area contributed by atoms with Gasteiger partial charge in [0.15, 0.2) is 5.82 Å². The van der Waals surface area contributed by atoms with Gasteiger partial charge in [0.2, 0.25) is 11.1 Å². The summed E-state index contributed by atoms with van der Waals surface area (Å²) in [6.07, 6.45) is 1.75. The van der Waals surface area contributed by atoms with E-state index in [1.54, 1.807) is 0 Å². The van der Waals surface area contributed by atoms with Gasteiger partial charge >= 0.3 is 0 Å². The summed E-state index contributed by atoms with van der Waals surface area (Å²) in [6.45, 7) is 6.21. The molecule has 29 heavy (non-hydrogen) atoms. The molecule has 2 N–H and O–H groups in total. The first-order chi connectivity index (χ1) is 14.1. The average molecular weight is 408 g/mol. The van der Waals surface area contributed by atoms with E-state index in [1.807, 2.05) is 42.8 Å². The van der Waals surface area contributed by atoms with E-state index in [-0.39, 0.29) is 17.2 Å². The molecule has 2 atom stereocenters. The molecule has 6 nitrogen and oxygen atoms in total. The van der Waals surface area contributed by atoms with Crippen molar-refractivity contribution in [3.8, 4) is 0 Å². The minimum Gasteiger partial charge on any atom is -0.325 e. The number of aromatic nitrogens is 3. The van der Waals surface area contributed by atoms with E-state index < -0.39 is 0 Å². The van der Waals surface area contributed by atoms with Gasteiger partial charge in [-0.3, -0.25) is 4.79 Å². The van der Waals surface area contributed by atoms with Crippen LogP contribution in [0.4, 0.5) is 5.69 Å². The monoisotopic (exact) mass is 407 g/mol. The zero-order valence-corrected chi connectivity index (χ0v) is 17.7. The molecule has 1 aromatic heterocycles. The Bertz CT molecular complexity index is 997. The van der Waals surface area contributed by atoms with Crippen molar-refractivity contribution in [2.24, 2.45) is 0 Å². The Kier molecular flexibility index (Phi) is 5.58. The lowest BCUT2D eigenvalue weighted by atomic mass is 10.0. The Morgan fingerprint density at radius 1 is 1.07 bits per heavy atom. The first kappa shape index (κ1) is 19.5. The van der Waals surface area contributed by atoms with Crippen LogP contribution < -0.4 is 10.7 Å². The lowest BCUT2D eigenvalue weighted by Crippen LogP contribution is -2.41. The number of amides is 1. The highest BCUT2D eigenvalue weighted by atomic mass is 32.2. The maximum atomic E-state index is 13.2. The smallest absolute Gasteiger partial charge is 0.240 e. The van der Waals surface area contributed by atoms with Crippen LogP contribution in [0.15, 0.2) is 53.7 Å². The van der Waals surface area contributed by atoms with Crippen molar-refractivity contribution >= 4 is 23.4 Å². The molecule has 0 saturated heterocycles. The molecule has 0 fully saturated rings. The lowest BCUT2D eigenvalue weighted by molar-refractivity contribution is -0.116. The highest BCUT2D eigenvalue weighted by Gasteiger charge is 2.37. The molecule has 0 spiro atoms. The molecule has 150 valence electrons. The molecule has 1 aliphatic heterocycles. The molecule has 0 aliphatic carbocycles. The fourth-order valence-electron chi connectivity index (χ4n) is 3.39. The second-order valence-corrected chi connectivity index (χ2v) is 8.29. The zero-order valence-electron chi connectivity index (χ0n) is 16.8. The molecule has 0 saturated carbocycles. The topological polar surface area (TPSA) is 71.8 Å². The zero-order chi connectivity index (χ0) is 20.4. The largest absolute Gasteiger partial charge is 0.325 e. The van der Waals surface area contributed by atoms with E-state index in [0.717, 1.165) is 35.5 Å². The minimum absolute atomic E-state index is 0.0526. The van der Waals surface area contributed by atoms with Gasteiger partial charge in [-0.15, -0.1) is 10.2 Å². The third-order valence-electron chi connectivity index (χ3n) is 5.14. The SMILES string of the molecule is CCc1ccc(C2Nn3c(CC)nnc3SC2C(=O)Nc2ccc(C)cc2)cc1. The van der Waals surface area contributed by atoms with E-state index in [1.165, 1.54) is 17.3 Å². The number of nitrogens with zero attached hydrogens (tertiary/aromatic N) is 3. The summed E-state index contributed by atoms with van der Waals surface area (Å²) >= 11 is 1.45. The second-order valence-electron chi connectivity index (χ2n) is 7.18. The van der Waals surface area contributed by atoms with E-state index in [9.17, 15) is 4.79 Å². The van der Waals surface area contributed by atoms with Crippen LogP contribution in [-0.2, 0) is 17.6 Å². The quantitative estimate of drug-likeness (QED) is 0.666. The van der Waals surface area contributed by atoms with E-state index in [2.05, 4.69) is 52.1 Å². The van der Waals surface area contributed by atoms with Gasteiger partial charge < -0.3 is 10.7 Å². The summed E-state index contributed by atoms with van der Waals surface area (Å²) in [5.74, 6) is 0.809. The van der Waals surface area contributed by atoms with Gasteiger partial charge in [0, 0.05) is 12.1 Å². The molecule has 2 unspecified atom stereocenters. The molecule has 3 aromatic rings. The summed E-state index contributed by atoms with van der Waals surface area (Å²) in [7, 11) is 0. The summed E-state index contributed by atoms with van der Waals surface area (Å²) in [4.78, 5) is 13.2. The number of thioether (sulfide) groups is 1. The van der Waals surface area contributed by atoms with Crippen molar-refractivity contribution in [1.29, 1.82) is 0 Å². The van der Waals surface area contributed by atoms with Crippen LogP contribution in [0, 0.1) is 6.92 Å². The fourth-order valence-corrected chi connectivity index (χ4v) is 4.49. The Labute approximate surface area is 175 Å². The number of anilines is 1. The number of hydrogen-bond donors (Lipinski definition) is 2. The molecule has 0 bridgehead atoms. The second kappa shape index (κ2) is 8.29. The van der Waals surface area contributed by atoms with Crippen LogP contribution in [-0.4, -0.2) is 26.0 Å². The van der Waals surface area contributed by atoms with E-state index >= 15 is 0 Å². The van der Waals surface area contributed by atoms with Crippen LogP contribution in [0.1, 0.15) is 42.4 Å². The van der Waals surface area contributed by atoms with Crippen molar-refractivity contribution in [2.75, 3.05) is 10.7 Å². The number of carbonyl (C=O) groups excluding carboxylic acids is 1. The predicted octanol–water partition coefficient (Wildman–Crippen LogP) is 4.11. The van der Waals surface area contributed by atoms with Crippen molar-refractivity contribution in [3.05, 3.63) is 71.0 Å². The van der Waals surface area contributed by atoms with Crippen LogP contribution in [0.2, 0.25) is 0 Å². The van der Waals surface area contributed by atoms with E-state index in [4.69, 9.17) is 0 Å². The highest BCUT2D eigenvalue weighted by Crippen LogP contribution is 2.37. The highest BCUT2D eigenvalue weighted by molar-refractivity contribution is 8.00. The maximum absolute atomic E-state index is 13.2. The van der Waals surface area contributed by atoms with Gasteiger partial charge in [0.05, 0.1) is 6.04 Å². The molecular formula is C22H25N5OS. The summed E-state index contributed by atoms with van der Waals surface area (Å²) in [5.41, 5.74) is 7.78. The normalized spacial score (nSPS) is 18.0. The van der Waals surface area contributed by atoms with E-state index in [0.29, 0.717) is 5.16 Å². The van der Waals surface area contributed by atoms with Gasteiger partial charge in [0.1, 0.15) is 5.25 Å². The van der Waals surface area contributed by atoms with Crippen LogP contribution in [0.3, 0.4) is 0 Å². The Balaban J connectivity index is 1.65. The number of rotatable bonds is 5. The standard InChI is InChI=1S/C22H25N5OS/c1-4-15-8-10-16(11-9-15)19-20(21(28)23-17-12-6-14(3)7-13-17)29-22-25-24-18(5-2)27(22)26-19/h6-13,19-20,26H,4-5H2,1-3H3,(H,23,28). The third-order valence-corrected chi connectivity index (χ3v) is 6.36. The average Bonchev–Trinajstić information content (AvgIpc) is 3.16. The van der Waals surface area contributed by atoms with Gasteiger partial charge in [-0.1, -0.05) is 67.6 Å². The molecule has 2 heterocycles. The molecule has 7 heteroatoms. The third kappa shape index (κ3) is 4.00. The Morgan fingerprint density at radius 3 is 2.45 bits per heavy atom. The molecule has 0 radical (unpaired) electrons. The molecule has 1 amide bonds. The first-order valence-electron chi connectivity index (χ1n) is 9.93. The van der Waals surface area contributed by atoms with Crippen LogP contribution in [0.25, 0.3) is 0 Å². The van der Waals surface area contributed by atoms with Gasteiger partial charge in [-0.25, -0.2) is 4.68 Å². The number of benzene rings is 2. The van der Waals surface area contributed by atoms with Crippen LogP contribution >= 0.6 is 11.8 Å². The predicted molar refractivity (Wildman–Crippen MR) is 117 cm³/mol. The molecule has 4 rings (SSSR count). The van der Waals surface area contributed by atoms with Crippen molar-refractivity contribution in [3.63, 3.8) is 0 Å². The Morgan fingerprint density at radius 2 is 1.79 bits per heavy atom. The first-order valence-corrected chi connectivity index (χ1v) is 10.8. The summed E-state index contributed by atoms with van der Waals surface area (Å²) in [6, 6.07) is 16.1. The van der Waals surface area contributed by atoms with Crippen LogP contribution in [0.5, 0.6) is 0 Å². The van der Waals surface area contributed by atoms with Gasteiger partial charge in [0.25, 0.3) is 0 Å². The minimum atomic E-state index is -0.370. The summed E-state index contributed by atoms with van der Waals surface area (Å²) < 4.78 is 1.92. The number of carbonyl (C=O) groups is 1. The Hall–Kier alpha value is -2.80. The van der Waals surface area contributed by atoms with Crippen molar-refractivity contribution in [2.45, 2.75) is 50.1 Å². The number of nitrogens with one attached hydrogen (secondary N) is 2. The molecule has 1 aliphatic rings. The summed E-state index contributed by atoms with van der Waals surface area (Å²) in [5, 5.41) is 11.9. The lowest BCUT2D eigenvalue weighted by Gasteiger charge is -2.33. The number of fused-ring (bicyclic) bond motifs is 1. The maximum Gasteiger partial charge on any atom is 0.240 e.